The van der Waals surface area contributed by atoms with Gasteiger partial charge in [-0.25, -0.2) is 0 Å². The fraction of sp³-hybridized carbons (Fsp3) is 0.385. The predicted octanol–water partition coefficient (Wildman–Crippen LogP) is 3.42. The number of nitrogens with one attached hydrogen (secondary N) is 1. The number of benzene rings is 1. The topological polar surface area (TPSA) is 81.0 Å². The van der Waals surface area contributed by atoms with Crippen LogP contribution >= 0.6 is 27.3 Å². The number of nitro groups is 1. The minimum atomic E-state index is -0.412. The number of hydrogen-bond donors (Lipinski definition) is 1. The number of rotatable bonds is 7. The van der Waals surface area contributed by atoms with Gasteiger partial charge in [0.25, 0.3) is 5.69 Å². The Balaban J connectivity index is 2.12. The van der Waals surface area contributed by atoms with Crippen LogP contribution in [0.5, 0.6) is 0 Å². The summed E-state index contributed by atoms with van der Waals surface area (Å²) in [7, 11) is 0. The summed E-state index contributed by atoms with van der Waals surface area (Å²) in [4.78, 5) is 10.5. The summed E-state index contributed by atoms with van der Waals surface area (Å²) in [5.74, 6) is 0. The Labute approximate surface area is 134 Å². The van der Waals surface area contributed by atoms with Crippen molar-refractivity contribution in [3.63, 3.8) is 0 Å². The molecule has 1 heterocycles. The smallest absolute Gasteiger partial charge is 0.271 e. The molecule has 0 saturated heterocycles. The maximum Gasteiger partial charge on any atom is 0.271 e. The Kier molecular flexibility index (Phi) is 5.77. The Morgan fingerprint density at radius 2 is 2.14 bits per heavy atom. The Bertz CT molecular complexity index is 632. The van der Waals surface area contributed by atoms with E-state index in [2.05, 4.69) is 38.4 Å². The fourth-order valence-corrected chi connectivity index (χ4v) is 3.08. The molecule has 2 aromatic rings. The Morgan fingerprint density at radius 3 is 2.86 bits per heavy atom. The molecule has 1 aromatic heterocycles. The maximum absolute atomic E-state index is 10.9. The Morgan fingerprint density at radius 1 is 1.33 bits per heavy atom. The van der Waals surface area contributed by atoms with E-state index >= 15 is 0 Å². The van der Waals surface area contributed by atoms with Crippen molar-refractivity contribution < 1.29 is 4.92 Å². The zero-order valence-corrected chi connectivity index (χ0v) is 13.9. The molecule has 2 rings (SSSR count). The van der Waals surface area contributed by atoms with Crippen LogP contribution in [0.1, 0.15) is 18.4 Å². The normalized spacial score (nSPS) is 10.8. The van der Waals surface area contributed by atoms with Gasteiger partial charge in [0.2, 0.25) is 0 Å². The molecular formula is C13H15BrN4O2S. The third-order valence-electron chi connectivity index (χ3n) is 2.75. The first-order chi connectivity index (χ1) is 10.1. The largest absolute Gasteiger partial charge is 0.316 e. The lowest BCUT2D eigenvalue weighted by Crippen LogP contribution is -2.17. The van der Waals surface area contributed by atoms with Crippen molar-refractivity contribution in [3.8, 4) is 10.6 Å². The SMILES string of the molecule is CCCNCCc1nnc(-c2cc(Br)cc([N+](=O)[O-])c2)s1. The molecule has 0 saturated carbocycles. The van der Waals surface area contributed by atoms with Crippen molar-refractivity contribution in [1.82, 2.24) is 15.5 Å². The summed E-state index contributed by atoms with van der Waals surface area (Å²) < 4.78 is 0.660. The van der Waals surface area contributed by atoms with Crippen molar-refractivity contribution >= 4 is 33.0 Å². The molecule has 0 fully saturated rings. The van der Waals surface area contributed by atoms with Gasteiger partial charge in [-0.2, -0.15) is 0 Å². The van der Waals surface area contributed by atoms with Crippen LogP contribution in [-0.2, 0) is 6.42 Å². The van der Waals surface area contributed by atoms with E-state index in [1.54, 1.807) is 0 Å². The standard InChI is InChI=1S/C13H15BrN4O2S/c1-2-4-15-5-3-12-16-17-13(21-12)9-6-10(14)8-11(7-9)18(19)20/h6-8,15H,2-5H2,1H3. The van der Waals surface area contributed by atoms with Gasteiger partial charge >= 0.3 is 0 Å². The lowest BCUT2D eigenvalue weighted by atomic mass is 10.2. The van der Waals surface area contributed by atoms with Crippen LogP contribution in [-0.4, -0.2) is 28.2 Å². The van der Waals surface area contributed by atoms with Gasteiger partial charge in [0.1, 0.15) is 10.0 Å². The molecule has 0 amide bonds. The van der Waals surface area contributed by atoms with Crippen LogP contribution in [0.25, 0.3) is 10.6 Å². The summed E-state index contributed by atoms with van der Waals surface area (Å²) in [6.07, 6.45) is 1.91. The van der Waals surface area contributed by atoms with Crippen molar-refractivity contribution in [1.29, 1.82) is 0 Å². The molecule has 112 valence electrons. The average Bonchev–Trinajstić information content (AvgIpc) is 2.92. The third-order valence-corrected chi connectivity index (χ3v) is 4.24. The average molecular weight is 371 g/mol. The van der Waals surface area contributed by atoms with Gasteiger partial charge < -0.3 is 5.32 Å². The van der Waals surface area contributed by atoms with E-state index in [4.69, 9.17) is 0 Å². The van der Waals surface area contributed by atoms with Crippen LogP contribution < -0.4 is 5.32 Å². The number of hydrogen-bond acceptors (Lipinski definition) is 6. The highest BCUT2D eigenvalue weighted by molar-refractivity contribution is 9.10. The second-order valence-electron chi connectivity index (χ2n) is 4.46. The second-order valence-corrected chi connectivity index (χ2v) is 6.43. The molecule has 0 aliphatic heterocycles. The highest BCUT2D eigenvalue weighted by atomic mass is 79.9. The van der Waals surface area contributed by atoms with Gasteiger partial charge in [0.05, 0.1) is 4.92 Å². The van der Waals surface area contributed by atoms with Crippen LogP contribution in [0.2, 0.25) is 0 Å². The fourth-order valence-electron chi connectivity index (χ4n) is 1.77. The predicted molar refractivity (Wildman–Crippen MR) is 86.6 cm³/mol. The first-order valence-electron chi connectivity index (χ1n) is 6.58. The van der Waals surface area contributed by atoms with Crippen molar-refractivity contribution in [2.24, 2.45) is 0 Å². The molecule has 0 atom stereocenters. The van der Waals surface area contributed by atoms with E-state index in [9.17, 15) is 10.1 Å². The van der Waals surface area contributed by atoms with Gasteiger partial charge in [0, 0.05) is 35.1 Å². The monoisotopic (exact) mass is 370 g/mol. The molecule has 21 heavy (non-hydrogen) atoms. The lowest BCUT2D eigenvalue weighted by molar-refractivity contribution is -0.384. The van der Waals surface area contributed by atoms with Gasteiger partial charge in [-0.1, -0.05) is 34.2 Å². The van der Waals surface area contributed by atoms with E-state index in [1.807, 2.05) is 6.07 Å². The molecule has 0 bridgehead atoms. The molecule has 0 aliphatic rings. The van der Waals surface area contributed by atoms with Crippen LogP contribution in [0.15, 0.2) is 22.7 Å². The number of aromatic nitrogens is 2. The van der Waals surface area contributed by atoms with Crippen molar-refractivity contribution in [2.75, 3.05) is 13.1 Å². The number of nitrogens with zero attached hydrogens (tertiary/aromatic N) is 3. The minimum absolute atomic E-state index is 0.0423. The summed E-state index contributed by atoms with van der Waals surface area (Å²) in [6.45, 7) is 3.97. The first-order valence-corrected chi connectivity index (χ1v) is 8.19. The van der Waals surface area contributed by atoms with Crippen molar-refractivity contribution in [3.05, 3.63) is 37.8 Å². The molecular weight excluding hydrogens is 356 g/mol. The second kappa shape index (κ2) is 7.58. The lowest BCUT2D eigenvalue weighted by Gasteiger charge is -1.99. The van der Waals surface area contributed by atoms with Crippen LogP contribution in [0.4, 0.5) is 5.69 Å². The number of non-ortho nitro benzene ring substituents is 1. The molecule has 8 heteroatoms. The third kappa shape index (κ3) is 4.55. The van der Waals surface area contributed by atoms with Crippen LogP contribution in [0, 0.1) is 10.1 Å². The van der Waals surface area contributed by atoms with Gasteiger partial charge in [-0.05, 0) is 19.0 Å². The molecule has 0 radical (unpaired) electrons. The summed E-state index contributed by atoms with van der Waals surface area (Å²) >= 11 is 4.75. The highest BCUT2D eigenvalue weighted by Crippen LogP contribution is 2.30. The number of halogens is 1. The van der Waals surface area contributed by atoms with E-state index < -0.39 is 4.92 Å². The van der Waals surface area contributed by atoms with Gasteiger partial charge in [0.15, 0.2) is 0 Å². The summed E-state index contributed by atoms with van der Waals surface area (Å²) in [5, 5.41) is 24.1. The van der Waals surface area contributed by atoms with Gasteiger partial charge in [-0.3, -0.25) is 10.1 Å². The van der Waals surface area contributed by atoms with E-state index in [-0.39, 0.29) is 5.69 Å². The molecule has 0 aliphatic carbocycles. The maximum atomic E-state index is 10.9. The minimum Gasteiger partial charge on any atom is -0.316 e. The molecule has 0 unspecified atom stereocenters. The summed E-state index contributed by atoms with van der Waals surface area (Å²) in [5.41, 5.74) is 0.752. The van der Waals surface area contributed by atoms with E-state index in [0.717, 1.165) is 30.9 Å². The van der Waals surface area contributed by atoms with Crippen LogP contribution in [0.3, 0.4) is 0 Å². The first kappa shape index (κ1) is 16.0. The Hall–Kier alpha value is -1.38. The zero-order valence-electron chi connectivity index (χ0n) is 11.5. The molecule has 6 nitrogen and oxygen atoms in total. The molecule has 1 N–H and O–H groups in total. The van der Waals surface area contributed by atoms with E-state index in [1.165, 1.54) is 23.5 Å². The quantitative estimate of drug-likeness (QED) is 0.458. The van der Waals surface area contributed by atoms with E-state index in [0.29, 0.717) is 15.0 Å². The molecule has 0 spiro atoms. The van der Waals surface area contributed by atoms with Crippen molar-refractivity contribution in [2.45, 2.75) is 19.8 Å². The zero-order chi connectivity index (χ0) is 15.2. The number of nitro benzene ring substituents is 1. The summed E-state index contributed by atoms with van der Waals surface area (Å²) in [6, 6.07) is 4.80. The van der Waals surface area contributed by atoms with Gasteiger partial charge in [-0.15, -0.1) is 10.2 Å². The molecule has 1 aromatic carbocycles. The highest BCUT2D eigenvalue weighted by Gasteiger charge is 2.13.